The average Bonchev–Trinajstić information content (AvgIpc) is 2.75. The van der Waals surface area contributed by atoms with Crippen LogP contribution in [0, 0.1) is 0 Å². The van der Waals surface area contributed by atoms with Gasteiger partial charge in [0.25, 0.3) is 5.91 Å². The van der Waals surface area contributed by atoms with E-state index >= 15 is 0 Å². The molecule has 6 heteroatoms. The van der Waals surface area contributed by atoms with Crippen LogP contribution in [0.4, 0.5) is 11.5 Å². The van der Waals surface area contributed by atoms with Crippen molar-refractivity contribution in [3.05, 3.63) is 77.7 Å². The van der Waals surface area contributed by atoms with Crippen molar-refractivity contribution < 1.29 is 9.53 Å². The fraction of sp³-hybridized carbons (Fsp3) is 0.227. The first kappa shape index (κ1) is 19.4. The number of benzene rings is 2. The second-order valence-corrected chi connectivity index (χ2v) is 6.32. The van der Waals surface area contributed by atoms with E-state index in [0.29, 0.717) is 18.1 Å². The van der Waals surface area contributed by atoms with Crippen LogP contribution in [0.1, 0.15) is 28.5 Å². The highest BCUT2D eigenvalue weighted by Gasteiger charge is 2.08. The molecule has 1 aromatic heterocycles. The molecule has 1 heterocycles. The molecule has 0 atom stereocenters. The molecule has 2 aromatic carbocycles. The highest BCUT2D eigenvalue weighted by Crippen LogP contribution is 2.16. The van der Waals surface area contributed by atoms with Gasteiger partial charge in [0.2, 0.25) is 0 Å². The maximum Gasteiger partial charge on any atom is 0.270 e. The van der Waals surface area contributed by atoms with Crippen molar-refractivity contribution in [3.8, 4) is 5.75 Å². The van der Waals surface area contributed by atoms with Crippen LogP contribution in [0.25, 0.3) is 0 Å². The second-order valence-electron chi connectivity index (χ2n) is 6.32. The SMILES string of the molecule is CCc1ccc(Nc2cc(C(=O)NCCc3ccc(OC)cc3)ncn2)cc1. The summed E-state index contributed by atoms with van der Waals surface area (Å²) in [6.45, 7) is 2.64. The zero-order valence-electron chi connectivity index (χ0n) is 16.1. The molecule has 0 radical (unpaired) electrons. The summed E-state index contributed by atoms with van der Waals surface area (Å²) in [5.74, 6) is 1.18. The van der Waals surface area contributed by atoms with Crippen molar-refractivity contribution in [2.45, 2.75) is 19.8 Å². The summed E-state index contributed by atoms with van der Waals surface area (Å²) in [5.41, 5.74) is 3.64. The Balaban J connectivity index is 1.55. The molecule has 3 aromatic rings. The summed E-state index contributed by atoms with van der Waals surface area (Å²) in [4.78, 5) is 20.6. The van der Waals surface area contributed by atoms with E-state index in [9.17, 15) is 4.79 Å². The monoisotopic (exact) mass is 376 g/mol. The Morgan fingerprint density at radius 1 is 1.00 bits per heavy atom. The predicted molar refractivity (Wildman–Crippen MR) is 110 cm³/mol. The van der Waals surface area contributed by atoms with Gasteiger partial charge in [-0.15, -0.1) is 0 Å². The second kappa shape index (κ2) is 9.50. The third-order valence-electron chi connectivity index (χ3n) is 4.39. The number of carbonyl (C=O) groups is 1. The molecule has 0 saturated carbocycles. The average molecular weight is 376 g/mol. The Kier molecular flexibility index (Phi) is 6.57. The topological polar surface area (TPSA) is 76.1 Å². The summed E-state index contributed by atoms with van der Waals surface area (Å²) in [7, 11) is 1.64. The number of methoxy groups -OCH3 is 1. The minimum absolute atomic E-state index is 0.222. The van der Waals surface area contributed by atoms with E-state index in [1.807, 2.05) is 36.4 Å². The van der Waals surface area contributed by atoms with Gasteiger partial charge in [0.15, 0.2) is 0 Å². The molecule has 0 aliphatic heterocycles. The molecular weight excluding hydrogens is 352 g/mol. The smallest absolute Gasteiger partial charge is 0.270 e. The van der Waals surface area contributed by atoms with Crippen molar-refractivity contribution in [1.29, 1.82) is 0 Å². The van der Waals surface area contributed by atoms with Crippen molar-refractivity contribution >= 4 is 17.4 Å². The standard InChI is InChI=1S/C22H24N4O2/c1-3-16-4-8-18(9-5-16)26-21-14-20(24-15-25-21)22(27)23-13-12-17-6-10-19(28-2)11-7-17/h4-11,14-15H,3,12-13H2,1-2H3,(H,23,27)(H,24,25,26). The summed E-state index contributed by atoms with van der Waals surface area (Å²) >= 11 is 0. The lowest BCUT2D eigenvalue weighted by molar-refractivity contribution is 0.0949. The molecule has 0 saturated heterocycles. The van der Waals surface area contributed by atoms with Gasteiger partial charge in [-0.1, -0.05) is 31.2 Å². The van der Waals surface area contributed by atoms with Crippen LogP contribution in [-0.4, -0.2) is 29.5 Å². The van der Waals surface area contributed by atoms with E-state index in [1.54, 1.807) is 13.2 Å². The fourth-order valence-electron chi connectivity index (χ4n) is 2.72. The van der Waals surface area contributed by atoms with Gasteiger partial charge < -0.3 is 15.4 Å². The molecular formula is C22H24N4O2. The number of hydrogen-bond donors (Lipinski definition) is 2. The molecule has 0 fully saturated rings. The number of ether oxygens (including phenoxy) is 1. The number of aryl methyl sites for hydroxylation is 1. The number of anilines is 2. The minimum Gasteiger partial charge on any atom is -0.497 e. The number of carbonyl (C=O) groups excluding carboxylic acids is 1. The van der Waals surface area contributed by atoms with Gasteiger partial charge in [-0.2, -0.15) is 0 Å². The quantitative estimate of drug-likeness (QED) is 0.626. The van der Waals surface area contributed by atoms with Crippen LogP contribution in [0.3, 0.4) is 0 Å². The summed E-state index contributed by atoms with van der Waals surface area (Å²) in [6.07, 6.45) is 3.12. The molecule has 0 unspecified atom stereocenters. The molecule has 2 N–H and O–H groups in total. The number of aromatic nitrogens is 2. The largest absolute Gasteiger partial charge is 0.497 e. The van der Waals surface area contributed by atoms with E-state index in [0.717, 1.165) is 29.8 Å². The molecule has 28 heavy (non-hydrogen) atoms. The van der Waals surface area contributed by atoms with Gasteiger partial charge in [-0.3, -0.25) is 4.79 Å². The van der Waals surface area contributed by atoms with Crippen LogP contribution in [0.2, 0.25) is 0 Å². The summed E-state index contributed by atoms with van der Waals surface area (Å²) in [6, 6.07) is 17.6. The number of nitrogens with one attached hydrogen (secondary N) is 2. The molecule has 1 amide bonds. The molecule has 0 aliphatic rings. The number of hydrogen-bond acceptors (Lipinski definition) is 5. The molecule has 3 rings (SSSR count). The van der Waals surface area contributed by atoms with Crippen molar-refractivity contribution in [2.24, 2.45) is 0 Å². The Labute approximate surface area is 165 Å². The van der Waals surface area contributed by atoms with Gasteiger partial charge in [-0.25, -0.2) is 9.97 Å². The third-order valence-corrected chi connectivity index (χ3v) is 4.39. The zero-order valence-corrected chi connectivity index (χ0v) is 16.1. The Bertz CT molecular complexity index is 909. The maximum absolute atomic E-state index is 12.4. The highest BCUT2D eigenvalue weighted by molar-refractivity contribution is 5.92. The number of amides is 1. The van der Waals surface area contributed by atoms with E-state index < -0.39 is 0 Å². The van der Waals surface area contributed by atoms with Crippen LogP contribution in [0.5, 0.6) is 5.75 Å². The Morgan fingerprint density at radius 2 is 1.71 bits per heavy atom. The first-order valence-corrected chi connectivity index (χ1v) is 9.27. The van der Waals surface area contributed by atoms with Gasteiger partial charge in [0, 0.05) is 18.3 Å². The molecule has 144 valence electrons. The molecule has 0 aliphatic carbocycles. The van der Waals surface area contributed by atoms with Gasteiger partial charge in [0.05, 0.1) is 7.11 Å². The van der Waals surface area contributed by atoms with Crippen LogP contribution in [-0.2, 0) is 12.8 Å². The van der Waals surface area contributed by atoms with Gasteiger partial charge >= 0.3 is 0 Å². The van der Waals surface area contributed by atoms with Gasteiger partial charge in [-0.05, 0) is 48.2 Å². The van der Waals surface area contributed by atoms with Crippen molar-refractivity contribution in [1.82, 2.24) is 15.3 Å². The van der Waals surface area contributed by atoms with E-state index in [1.165, 1.54) is 11.9 Å². The predicted octanol–water partition coefficient (Wildman–Crippen LogP) is 3.76. The van der Waals surface area contributed by atoms with E-state index in [4.69, 9.17) is 4.74 Å². The number of nitrogens with zero attached hydrogens (tertiary/aromatic N) is 2. The first-order chi connectivity index (χ1) is 13.7. The molecule has 6 nitrogen and oxygen atoms in total. The van der Waals surface area contributed by atoms with E-state index in [2.05, 4.69) is 39.7 Å². The van der Waals surface area contributed by atoms with Crippen molar-refractivity contribution in [2.75, 3.05) is 19.0 Å². The summed E-state index contributed by atoms with van der Waals surface area (Å²) < 4.78 is 5.15. The van der Waals surface area contributed by atoms with Gasteiger partial charge in [0.1, 0.15) is 23.6 Å². The molecule has 0 spiro atoms. The van der Waals surface area contributed by atoms with Crippen LogP contribution < -0.4 is 15.4 Å². The van der Waals surface area contributed by atoms with E-state index in [-0.39, 0.29) is 5.91 Å². The fourth-order valence-corrected chi connectivity index (χ4v) is 2.72. The number of rotatable bonds is 8. The van der Waals surface area contributed by atoms with Crippen molar-refractivity contribution in [3.63, 3.8) is 0 Å². The lowest BCUT2D eigenvalue weighted by atomic mass is 10.1. The Hall–Kier alpha value is -3.41. The minimum atomic E-state index is -0.222. The zero-order chi connectivity index (χ0) is 19.8. The first-order valence-electron chi connectivity index (χ1n) is 9.27. The molecule has 0 bridgehead atoms. The normalized spacial score (nSPS) is 10.4. The van der Waals surface area contributed by atoms with Crippen LogP contribution >= 0.6 is 0 Å². The van der Waals surface area contributed by atoms with Crippen LogP contribution in [0.15, 0.2) is 60.9 Å². The lowest BCUT2D eigenvalue weighted by Crippen LogP contribution is -2.26. The lowest BCUT2D eigenvalue weighted by Gasteiger charge is -2.08. The highest BCUT2D eigenvalue weighted by atomic mass is 16.5. The Morgan fingerprint density at radius 3 is 2.39 bits per heavy atom. The summed E-state index contributed by atoms with van der Waals surface area (Å²) in [5, 5.41) is 6.09. The maximum atomic E-state index is 12.4. The third kappa shape index (κ3) is 5.30.